The molecule has 2 rings (SSSR count). The first-order valence-corrected chi connectivity index (χ1v) is 5.96. The fourth-order valence-corrected chi connectivity index (χ4v) is 1.55. The molecule has 1 atom stereocenters. The molecule has 23 heavy (non-hydrogen) atoms. The van der Waals surface area contributed by atoms with Crippen LogP contribution in [0.15, 0.2) is 36.7 Å². The van der Waals surface area contributed by atoms with Gasteiger partial charge in [0.2, 0.25) is 0 Å². The van der Waals surface area contributed by atoms with Gasteiger partial charge < -0.3 is 4.74 Å². The highest BCUT2D eigenvalue weighted by atomic mass is 19.4. The van der Waals surface area contributed by atoms with E-state index in [-0.39, 0.29) is 11.4 Å². The fraction of sp³-hybridized carbons (Fsp3) is 0.231. The molecule has 0 spiro atoms. The Morgan fingerprint density at radius 1 is 1.00 bits per heavy atom. The number of halogens is 7. The van der Waals surface area contributed by atoms with Crippen molar-refractivity contribution < 1.29 is 35.5 Å². The molecule has 0 aliphatic rings. The van der Waals surface area contributed by atoms with E-state index < -0.39 is 30.0 Å². The lowest BCUT2D eigenvalue weighted by atomic mass is 10.2. The molecule has 0 fully saturated rings. The minimum absolute atomic E-state index is 0.0635. The number of hydrogen-bond acceptors (Lipinski definition) is 3. The van der Waals surface area contributed by atoms with Crippen molar-refractivity contribution in [2.75, 3.05) is 0 Å². The van der Waals surface area contributed by atoms with Gasteiger partial charge in [-0.2, -0.15) is 22.0 Å². The van der Waals surface area contributed by atoms with Crippen molar-refractivity contribution in [3.63, 3.8) is 0 Å². The molecule has 0 N–H and O–H groups in total. The van der Waals surface area contributed by atoms with E-state index in [0.717, 1.165) is 18.2 Å². The molecule has 1 unspecified atom stereocenters. The standard InChI is InChI=1S/C13H7F7N2O/c14-8-2-1-5-21-10(8)9-4-3-7(6-22-9)23-13(19,20)11(15)12(16,17)18/h1-6,11H. The first-order chi connectivity index (χ1) is 10.6. The number of hydrogen-bond donors (Lipinski definition) is 0. The maximum absolute atomic E-state index is 13.5. The maximum Gasteiger partial charge on any atom is 0.439 e. The third-order valence-corrected chi connectivity index (χ3v) is 2.57. The van der Waals surface area contributed by atoms with Gasteiger partial charge in [-0.05, 0) is 24.3 Å². The molecule has 0 saturated carbocycles. The molecule has 0 aliphatic carbocycles. The molecule has 0 bridgehead atoms. The molecule has 124 valence electrons. The van der Waals surface area contributed by atoms with Gasteiger partial charge in [-0.1, -0.05) is 0 Å². The molecule has 0 aliphatic heterocycles. The van der Waals surface area contributed by atoms with Gasteiger partial charge in [-0.25, -0.2) is 8.78 Å². The minimum Gasteiger partial charge on any atom is -0.428 e. The second-order valence-electron chi connectivity index (χ2n) is 4.28. The predicted molar refractivity (Wildman–Crippen MR) is 64.0 cm³/mol. The second kappa shape index (κ2) is 6.01. The lowest BCUT2D eigenvalue weighted by Gasteiger charge is -2.22. The first kappa shape index (κ1) is 17.0. The Labute approximate surface area is 124 Å². The van der Waals surface area contributed by atoms with Crippen molar-refractivity contribution in [2.45, 2.75) is 18.5 Å². The molecule has 0 radical (unpaired) electrons. The zero-order valence-electron chi connectivity index (χ0n) is 11.0. The van der Waals surface area contributed by atoms with E-state index in [4.69, 9.17) is 0 Å². The Morgan fingerprint density at radius 2 is 1.70 bits per heavy atom. The van der Waals surface area contributed by atoms with Gasteiger partial charge in [0.15, 0.2) is 5.82 Å². The third kappa shape index (κ3) is 3.88. The smallest absolute Gasteiger partial charge is 0.428 e. The van der Waals surface area contributed by atoms with Crippen molar-refractivity contribution in [3.05, 3.63) is 42.5 Å². The summed E-state index contributed by atoms with van der Waals surface area (Å²) in [6.07, 6.45) is -13.5. The number of aromatic nitrogens is 2. The number of ether oxygens (including phenoxy) is 1. The quantitative estimate of drug-likeness (QED) is 0.784. The average molecular weight is 340 g/mol. The van der Waals surface area contributed by atoms with Gasteiger partial charge in [0, 0.05) is 6.20 Å². The zero-order chi connectivity index (χ0) is 17.3. The van der Waals surface area contributed by atoms with Crippen LogP contribution in [0, 0.1) is 5.82 Å². The Balaban J connectivity index is 2.19. The topological polar surface area (TPSA) is 35.0 Å². The van der Waals surface area contributed by atoms with E-state index in [2.05, 4.69) is 14.7 Å². The van der Waals surface area contributed by atoms with Crippen LogP contribution in [0.2, 0.25) is 0 Å². The molecular weight excluding hydrogens is 333 g/mol. The summed E-state index contributed by atoms with van der Waals surface area (Å²) in [6.45, 7) is 0. The molecule has 0 aromatic carbocycles. The molecule has 3 nitrogen and oxygen atoms in total. The number of nitrogens with zero attached hydrogens (tertiary/aromatic N) is 2. The van der Waals surface area contributed by atoms with Crippen LogP contribution in [0.5, 0.6) is 5.75 Å². The summed E-state index contributed by atoms with van der Waals surface area (Å²) < 4.78 is 91.9. The minimum atomic E-state index is -5.78. The Kier molecular flexibility index (Phi) is 4.44. The van der Waals surface area contributed by atoms with Gasteiger partial charge >= 0.3 is 12.3 Å². The second-order valence-corrected chi connectivity index (χ2v) is 4.28. The summed E-state index contributed by atoms with van der Waals surface area (Å²) in [5, 5.41) is 0. The van der Waals surface area contributed by atoms with Crippen LogP contribution in [-0.4, -0.2) is 28.4 Å². The van der Waals surface area contributed by atoms with E-state index in [1.807, 2.05) is 0 Å². The summed E-state index contributed by atoms with van der Waals surface area (Å²) in [7, 11) is 0. The normalized spacial score (nSPS) is 13.7. The highest BCUT2D eigenvalue weighted by molar-refractivity contribution is 5.54. The molecule has 0 saturated heterocycles. The van der Waals surface area contributed by atoms with Crippen LogP contribution in [0.4, 0.5) is 30.7 Å². The van der Waals surface area contributed by atoms with Crippen LogP contribution < -0.4 is 4.74 Å². The van der Waals surface area contributed by atoms with E-state index >= 15 is 0 Å². The van der Waals surface area contributed by atoms with Crippen molar-refractivity contribution in [2.24, 2.45) is 0 Å². The van der Waals surface area contributed by atoms with Crippen LogP contribution in [0.25, 0.3) is 11.4 Å². The Hall–Kier alpha value is -2.39. The van der Waals surface area contributed by atoms with Crippen LogP contribution in [0.3, 0.4) is 0 Å². The Morgan fingerprint density at radius 3 is 2.22 bits per heavy atom. The van der Waals surface area contributed by atoms with Crippen molar-refractivity contribution in [1.29, 1.82) is 0 Å². The molecule has 2 aromatic heterocycles. The zero-order valence-corrected chi connectivity index (χ0v) is 11.0. The molecular formula is C13H7F7N2O. The lowest BCUT2D eigenvalue weighted by molar-refractivity contribution is -0.305. The van der Waals surface area contributed by atoms with Gasteiger partial charge in [0.1, 0.15) is 11.4 Å². The highest BCUT2D eigenvalue weighted by Crippen LogP contribution is 2.36. The third-order valence-electron chi connectivity index (χ3n) is 2.57. The fourth-order valence-electron chi connectivity index (χ4n) is 1.55. The van der Waals surface area contributed by atoms with Gasteiger partial charge in [0.25, 0.3) is 6.17 Å². The van der Waals surface area contributed by atoms with Crippen LogP contribution >= 0.6 is 0 Å². The van der Waals surface area contributed by atoms with E-state index in [9.17, 15) is 30.7 Å². The number of alkyl halides is 6. The SMILES string of the molecule is Fc1cccnc1-c1ccc(OC(F)(F)C(F)C(F)(F)F)cn1. The number of rotatable bonds is 4. The summed E-state index contributed by atoms with van der Waals surface area (Å²) in [5.74, 6) is -1.55. The summed E-state index contributed by atoms with van der Waals surface area (Å²) in [6, 6.07) is 4.19. The predicted octanol–water partition coefficient (Wildman–Crippen LogP) is 4.15. The molecule has 2 heterocycles. The molecule has 0 amide bonds. The lowest BCUT2D eigenvalue weighted by Crippen LogP contribution is -2.45. The van der Waals surface area contributed by atoms with Crippen LogP contribution in [-0.2, 0) is 0 Å². The van der Waals surface area contributed by atoms with Gasteiger partial charge in [0.05, 0.1) is 11.9 Å². The molecule has 10 heteroatoms. The summed E-state index contributed by atoms with van der Waals surface area (Å²) >= 11 is 0. The maximum atomic E-state index is 13.5. The van der Waals surface area contributed by atoms with Gasteiger partial charge in [-0.15, -0.1) is 0 Å². The largest absolute Gasteiger partial charge is 0.439 e. The molecule has 2 aromatic rings. The van der Waals surface area contributed by atoms with E-state index in [1.165, 1.54) is 12.3 Å². The monoisotopic (exact) mass is 340 g/mol. The first-order valence-electron chi connectivity index (χ1n) is 5.96. The van der Waals surface area contributed by atoms with E-state index in [1.54, 1.807) is 0 Å². The number of pyridine rings is 2. The van der Waals surface area contributed by atoms with Crippen molar-refractivity contribution >= 4 is 0 Å². The highest BCUT2D eigenvalue weighted by Gasteiger charge is 2.59. The average Bonchev–Trinajstić information content (AvgIpc) is 2.47. The Bertz CT molecular complexity index is 673. The van der Waals surface area contributed by atoms with Gasteiger partial charge in [-0.3, -0.25) is 9.97 Å². The van der Waals surface area contributed by atoms with Crippen molar-refractivity contribution in [1.82, 2.24) is 9.97 Å². The van der Waals surface area contributed by atoms with Crippen LogP contribution in [0.1, 0.15) is 0 Å². The van der Waals surface area contributed by atoms with Crippen molar-refractivity contribution in [3.8, 4) is 17.1 Å². The van der Waals surface area contributed by atoms with E-state index in [0.29, 0.717) is 6.20 Å². The summed E-state index contributed by atoms with van der Waals surface area (Å²) in [5.41, 5.74) is -0.254. The summed E-state index contributed by atoms with van der Waals surface area (Å²) in [4.78, 5) is 7.23.